The molecule has 2 unspecified atom stereocenters. The van der Waals surface area contributed by atoms with Gasteiger partial charge in [0.1, 0.15) is 5.75 Å². The van der Waals surface area contributed by atoms with E-state index in [1.165, 1.54) is 5.56 Å². The molecule has 1 aliphatic rings. The number of hydrogen-bond acceptors (Lipinski definition) is 3. The highest BCUT2D eigenvalue weighted by Gasteiger charge is 2.24. The zero-order valence-corrected chi connectivity index (χ0v) is 13.1. The van der Waals surface area contributed by atoms with E-state index >= 15 is 0 Å². The first-order chi connectivity index (χ1) is 9.58. The van der Waals surface area contributed by atoms with Crippen LogP contribution in [0.15, 0.2) is 18.2 Å². The van der Waals surface area contributed by atoms with Gasteiger partial charge >= 0.3 is 0 Å². The molecule has 20 heavy (non-hydrogen) atoms. The van der Waals surface area contributed by atoms with Crippen LogP contribution in [0.1, 0.15) is 45.6 Å². The van der Waals surface area contributed by atoms with Crippen LogP contribution in [0.2, 0.25) is 0 Å². The SMILES string of the molecule is CCCOc1cc(C)ccc1NC1CC(C)OC(C)C1. The Bertz CT molecular complexity index is 423. The molecule has 1 heterocycles. The zero-order chi connectivity index (χ0) is 14.5. The first-order valence-electron chi connectivity index (χ1n) is 7.74. The third-order valence-electron chi connectivity index (χ3n) is 3.66. The lowest BCUT2D eigenvalue weighted by Gasteiger charge is -2.33. The van der Waals surface area contributed by atoms with Crippen LogP contribution in [0, 0.1) is 6.92 Å². The van der Waals surface area contributed by atoms with Gasteiger partial charge in [-0.2, -0.15) is 0 Å². The van der Waals surface area contributed by atoms with Crippen molar-refractivity contribution in [2.24, 2.45) is 0 Å². The van der Waals surface area contributed by atoms with E-state index in [1.54, 1.807) is 0 Å². The Balaban J connectivity index is 2.07. The Morgan fingerprint density at radius 2 is 1.95 bits per heavy atom. The van der Waals surface area contributed by atoms with Crippen molar-refractivity contribution < 1.29 is 9.47 Å². The van der Waals surface area contributed by atoms with Gasteiger partial charge in [0.05, 0.1) is 24.5 Å². The van der Waals surface area contributed by atoms with Gasteiger partial charge < -0.3 is 14.8 Å². The van der Waals surface area contributed by atoms with Gasteiger partial charge in [0.15, 0.2) is 0 Å². The van der Waals surface area contributed by atoms with Crippen molar-refractivity contribution in [1.29, 1.82) is 0 Å². The van der Waals surface area contributed by atoms with E-state index in [-0.39, 0.29) is 0 Å². The quantitative estimate of drug-likeness (QED) is 0.877. The molecular weight excluding hydrogens is 250 g/mol. The number of anilines is 1. The van der Waals surface area contributed by atoms with Crippen molar-refractivity contribution in [1.82, 2.24) is 0 Å². The van der Waals surface area contributed by atoms with Gasteiger partial charge in [-0.15, -0.1) is 0 Å². The molecule has 1 saturated heterocycles. The molecule has 1 fully saturated rings. The highest BCUT2D eigenvalue weighted by molar-refractivity contribution is 5.58. The van der Waals surface area contributed by atoms with Crippen LogP contribution in [0.3, 0.4) is 0 Å². The summed E-state index contributed by atoms with van der Waals surface area (Å²) in [6.07, 6.45) is 3.76. The van der Waals surface area contributed by atoms with Crippen LogP contribution in [0.5, 0.6) is 5.75 Å². The number of ether oxygens (including phenoxy) is 2. The van der Waals surface area contributed by atoms with E-state index in [0.29, 0.717) is 18.2 Å². The number of hydrogen-bond donors (Lipinski definition) is 1. The first kappa shape index (κ1) is 15.2. The van der Waals surface area contributed by atoms with Crippen molar-refractivity contribution >= 4 is 5.69 Å². The highest BCUT2D eigenvalue weighted by atomic mass is 16.5. The number of rotatable bonds is 5. The standard InChI is InChI=1S/C17H27NO2/c1-5-8-19-17-9-12(2)6-7-16(17)18-15-10-13(3)20-14(4)11-15/h6-7,9,13-15,18H,5,8,10-11H2,1-4H3. The topological polar surface area (TPSA) is 30.5 Å². The van der Waals surface area contributed by atoms with Crippen LogP contribution in [0.25, 0.3) is 0 Å². The molecule has 1 aromatic carbocycles. The molecule has 0 bridgehead atoms. The van der Waals surface area contributed by atoms with Gasteiger partial charge in [-0.25, -0.2) is 0 Å². The smallest absolute Gasteiger partial charge is 0.142 e. The van der Waals surface area contributed by atoms with Crippen LogP contribution in [-0.2, 0) is 4.74 Å². The minimum Gasteiger partial charge on any atom is -0.491 e. The van der Waals surface area contributed by atoms with Crippen molar-refractivity contribution in [3.05, 3.63) is 23.8 Å². The Kier molecular flexibility index (Phi) is 5.30. The average Bonchev–Trinajstić information content (AvgIpc) is 2.38. The van der Waals surface area contributed by atoms with Crippen LogP contribution < -0.4 is 10.1 Å². The van der Waals surface area contributed by atoms with E-state index in [2.05, 4.69) is 51.2 Å². The molecule has 1 aliphatic heterocycles. The van der Waals surface area contributed by atoms with E-state index in [1.807, 2.05) is 0 Å². The second-order valence-electron chi connectivity index (χ2n) is 5.92. The van der Waals surface area contributed by atoms with E-state index in [0.717, 1.165) is 37.3 Å². The Morgan fingerprint density at radius 3 is 2.60 bits per heavy atom. The van der Waals surface area contributed by atoms with Crippen molar-refractivity contribution in [2.45, 2.75) is 65.2 Å². The van der Waals surface area contributed by atoms with Crippen molar-refractivity contribution in [3.8, 4) is 5.75 Å². The summed E-state index contributed by atoms with van der Waals surface area (Å²) in [5.74, 6) is 0.971. The second kappa shape index (κ2) is 6.98. The van der Waals surface area contributed by atoms with E-state index < -0.39 is 0 Å². The monoisotopic (exact) mass is 277 g/mol. The average molecular weight is 277 g/mol. The molecular formula is C17H27NO2. The number of nitrogens with one attached hydrogen (secondary N) is 1. The van der Waals surface area contributed by atoms with Gasteiger partial charge in [0.2, 0.25) is 0 Å². The molecule has 1 aromatic rings. The maximum absolute atomic E-state index is 5.87. The molecule has 0 aromatic heterocycles. The third kappa shape index (κ3) is 4.14. The molecule has 1 N–H and O–H groups in total. The van der Waals surface area contributed by atoms with E-state index in [9.17, 15) is 0 Å². The Morgan fingerprint density at radius 1 is 1.25 bits per heavy atom. The minimum absolute atomic E-state index is 0.321. The fourth-order valence-electron chi connectivity index (χ4n) is 2.82. The minimum atomic E-state index is 0.321. The van der Waals surface area contributed by atoms with Gasteiger partial charge in [-0.1, -0.05) is 13.0 Å². The molecule has 2 atom stereocenters. The molecule has 0 saturated carbocycles. The van der Waals surface area contributed by atoms with Gasteiger partial charge in [-0.3, -0.25) is 0 Å². The highest BCUT2D eigenvalue weighted by Crippen LogP contribution is 2.29. The van der Waals surface area contributed by atoms with Crippen molar-refractivity contribution in [3.63, 3.8) is 0 Å². The van der Waals surface area contributed by atoms with Crippen LogP contribution >= 0.6 is 0 Å². The largest absolute Gasteiger partial charge is 0.491 e. The van der Waals surface area contributed by atoms with Gasteiger partial charge in [0.25, 0.3) is 0 Å². The number of benzene rings is 1. The number of aryl methyl sites for hydroxylation is 1. The molecule has 112 valence electrons. The second-order valence-corrected chi connectivity index (χ2v) is 5.92. The molecule has 0 aliphatic carbocycles. The molecule has 0 spiro atoms. The summed E-state index contributed by atoms with van der Waals surface area (Å²) in [4.78, 5) is 0. The summed E-state index contributed by atoms with van der Waals surface area (Å²) in [5.41, 5.74) is 2.34. The predicted octanol–water partition coefficient (Wildman–Crippen LogP) is 4.15. The third-order valence-corrected chi connectivity index (χ3v) is 3.66. The lowest BCUT2D eigenvalue weighted by molar-refractivity contribution is -0.0338. The van der Waals surface area contributed by atoms with E-state index in [4.69, 9.17) is 9.47 Å². The Labute approximate surface area is 122 Å². The summed E-state index contributed by atoms with van der Waals surface area (Å²) < 4.78 is 11.7. The predicted molar refractivity (Wildman–Crippen MR) is 83.6 cm³/mol. The molecule has 0 radical (unpaired) electrons. The summed E-state index contributed by atoms with van der Waals surface area (Å²) in [7, 11) is 0. The molecule has 0 amide bonds. The van der Waals surface area contributed by atoms with Crippen LogP contribution in [0.4, 0.5) is 5.69 Å². The van der Waals surface area contributed by atoms with Gasteiger partial charge in [0, 0.05) is 6.04 Å². The molecule has 3 nitrogen and oxygen atoms in total. The van der Waals surface area contributed by atoms with Crippen LogP contribution in [-0.4, -0.2) is 24.9 Å². The zero-order valence-electron chi connectivity index (χ0n) is 13.1. The maximum Gasteiger partial charge on any atom is 0.142 e. The van der Waals surface area contributed by atoms with Crippen molar-refractivity contribution in [2.75, 3.05) is 11.9 Å². The van der Waals surface area contributed by atoms with Gasteiger partial charge in [-0.05, 0) is 57.7 Å². The lowest BCUT2D eigenvalue weighted by Crippen LogP contribution is -2.37. The fourth-order valence-corrected chi connectivity index (χ4v) is 2.82. The lowest BCUT2D eigenvalue weighted by atomic mass is 9.99. The summed E-state index contributed by atoms with van der Waals surface area (Å²) in [6.45, 7) is 9.28. The summed E-state index contributed by atoms with van der Waals surface area (Å²) in [6, 6.07) is 6.84. The normalized spacial score (nSPS) is 26.3. The molecule has 2 rings (SSSR count). The maximum atomic E-state index is 5.87. The Hall–Kier alpha value is -1.22. The fraction of sp³-hybridized carbons (Fsp3) is 0.647. The molecule has 3 heteroatoms. The summed E-state index contributed by atoms with van der Waals surface area (Å²) in [5, 5.41) is 3.64. The first-order valence-corrected chi connectivity index (χ1v) is 7.74. The summed E-state index contributed by atoms with van der Waals surface area (Å²) >= 11 is 0.